The molecule has 0 bridgehead atoms. The fraction of sp³-hybridized carbons (Fsp3) is 0.500. The van der Waals surface area contributed by atoms with Crippen LogP contribution in [0.1, 0.15) is 76.8 Å². The summed E-state index contributed by atoms with van der Waals surface area (Å²) >= 11 is 0. The van der Waals surface area contributed by atoms with Crippen LogP contribution in [0, 0.1) is 5.92 Å². The molecule has 186 valence electrons. The van der Waals surface area contributed by atoms with E-state index in [1.54, 1.807) is 0 Å². The van der Waals surface area contributed by atoms with E-state index >= 15 is 0 Å². The minimum Gasteiger partial charge on any atom is -0.480 e. The number of carboxylic acids is 1. The van der Waals surface area contributed by atoms with Gasteiger partial charge in [-0.15, -0.1) is 0 Å². The largest absolute Gasteiger partial charge is 0.480 e. The molecule has 0 spiro atoms. The Labute approximate surface area is 205 Å². The van der Waals surface area contributed by atoms with Crippen molar-refractivity contribution in [3.63, 3.8) is 0 Å². The van der Waals surface area contributed by atoms with Crippen LogP contribution in [0.2, 0.25) is 0 Å². The van der Waals surface area contributed by atoms with Crippen LogP contribution in [0.3, 0.4) is 0 Å². The van der Waals surface area contributed by atoms with E-state index in [0.29, 0.717) is 23.9 Å². The van der Waals surface area contributed by atoms with Crippen molar-refractivity contribution in [2.24, 2.45) is 10.9 Å². The number of aliphatic carboxylic acids is 1. The number of ether oxygens (including phenoxy) is 1. The minimum absolute atomic E-state index is 0.198. The molecule has 1 fully saturated rings. The van der Waals surface area contributed by atoms with Crippen molar-refractivity contribution < 1.29 is 19.4 Å². The number of carbonyl (C=O) groups excluding carboxylic acids is 1. The number of aromatic nitrogens is 2. The number of fused-ring (bicyclic) bond motifs is 1. The number of nitrogen functional groups attached to an aromatic ring is 1. The molecule has 35 heavy (non-hydrogen) atoms. The third-order valence-electron chi connectivity index (χ3n) is 6.93. The lowest BCUT2D eigenvalue weighted by Gasteiger charge is -2.32. The van der Waals surface area contributed by atoms with Crippen molar-refractivity contribution in [2.75, 3.05) is 5.73 Å². The van der Waals surface area contributed by atoms with Crippen LogP contribution >= 0.6 is 0 Å². The second kappa shape index (κ2) is 9.28. The summed E-state index contributed by atoms with van der Waals surface area (Å²) in [5.41, 5.74) is 7.53. The Balaban J connectivity index is 1.39. The Morgan fingerprint density at radius 2 is 1.80 bits per heavy atom. The number of benzene rings is 1. The maximum Gasteiger partial charge on any atom is 0.328 e. The number of nitrogens with zero attached hydrogens (tertiary/aromatic N) is 3. The quantitative estimate of drug-likeness (QED) is 0.569. The first-order valence-corrected chi connectivity index (χ1v) is 12.0. The number of nitrogens with one attached hydrogen (secondary N) is 1. The zero-order valence-electron chi connectivity index (χ0n) is 20.7. The second-order valence-corrected chi connectivity index (χ2v) is 10.5. The van der Waals surface area contributed by atoms with E-state index < -0.39 is 17.1 Å². The van der Waals surface area contributed by atoms with Gasteiger partial charge in [0.15, 0.2) is 11.5 Å². The van der Waals surface area contributed by atoms with Gasteiger partial charge in [-0.3, -0.25) is 4.79 Å². The van der Waals surface area contributed by atoms with Crippen LogP contribution in [0.25, 0.3) is 0 Å². The fourth-order valence-corrected chi connectivity index (χ4v) is 4.83. The molecule has 0 atom stereocenters. The van der Waals surface area contributed by atoms with Gasteiger partial charge in [-0.25, -0.2) is 14.8 Å². The third-order valence-corrected chi connectivity index (χ3v) is 6.93. The Bertz CT molecular complexity index is 1150. The van der Waals surface area contributed by atoms with Crippen molar-refractivity contribution in [3.8, 4) is 5.88 Å². The van der Waals surface area contributed by atoms with Crippen molar-refractivity contribution in [1.82, 2.24) is 15.3 Å². The normalized spacial score (nSPS) is 21.3. The molecule has 0 saturated heterocycles. The summed E-state index contributed by atoms with van der Waals surface area (Å²) in [7, 11) is 0. The van der Waals surface area contributed by atoms with E-state index in [1.165, 1.54) is 25.7 Å². The van der Waals surface area contributed by atoms with Crippen molar-refractivity contribution in [2.45, 2.75) is 76.9 Å². The van der Waals surface area contributed by atoms with E-state index in [2.05, 4.69) is 39.6 Å². The van der Waals surface area contributed by atoms with E-state index in [1.807, 2.05) is 13.8 Å². The number of carbonyl (C=O) groups is 2. The molecular formula is C26H33N5O4. The van der Waals surface area contributed by atoms with Crippen LogP contribution in [0.15, 0.2) is 35.6 Å². The molecule has 1 aromatic heterocycles. The molecule has 4 N–H and O–H groups in total. The Morgan fingerprint density at radius 3 is 2.43 bits per heavy atom. The zero-order chi connectivity index (χ0) is 25.4. The molecule has 1 aliphatic heterocycles. The van der Waals surface area contributed by atoms with Crippen LogP contribution in [-0.2, 0) is 9.59 Å². The van der Waals surface area contributed by atoms with Crippen molar-refractivity contribution >= 4 is 29.1 Å². The van der Waals surface area contributed by atoms with E-state index in [9.17, 15) is 14.7 Å². The third kappa shape index (κ3) is 5.28. The van der Waals surface area contributed by atoms with Gasteiger partial charge in [-0.2, -0.15) is 4.98 Å². The number of nitrogens with two attached hydrogens (primary N) is 1. The molecule has 2 aliphatic rings. The summed E-state index contributed by atoms with van der Waals surface area (Å²) < 4.78 is 6.07. The van der Waals surface area contributed by atoms with Crippen LogP contribution in [0.4, 0.5) is 11.5 Å². The number of hydrogen-bond acceptors (Lipinski definition) is 7. The van der Waals surface area contributed by atoms with Gasteiger partial charge >= 0.3 is 5.97 Å². The maximum atomic E-state index is 12.3. The lowest BCUT2D eigenvalue weighted by atomic mass is 9.77. The smallest absolute Gasteiger partial charge is 0.328 e. The number of hydrogen-bond donors (Lipinski definition) is 3. The summed E-state index contributed by atoms with van der Waals surface area (Å²) in [5.74, 6) is 0.152. The first-order chi connectivity index (χ1) is 16.5. The monoisotopic (exact) mass is 479 g/mol. The molecule has 2 heterocycles. The second-order valence-electron chi connectivity index (χ2n) is 10.5. The lowest BCUT2D eigenvalue weighted by Crippen LogP contribution is -2.50. The van der Waals surface area contributed by atoms with E-state index in [0.717, 1.165) is 37.0 Å². The Hall–Kier alpha value is -3.49. The zero-order valence-corrected chi connectivity index (χ0v) is 20.7. The number of aliphatic imine (C=N–C) groups is 1. The first kappa shape index (κ1) is 24.6. The predicted octanol–water partition coefficient (Wildman–Crippen LogP) is 3.99. The fourth-order valence-electron chi connectivity index (χ4n) is 4.83. The Morgan fingerprint density at radius 1 is 1.14 bits per heavy atom. The van der Waals surface area contributed by atoms with Crippen LogP contribution in [0.5, 0.6) is 5.88 Å². The minimum atomic E-state index is -1.25. The Kier molecular flexibility index (Phi) is 6.53. The molecule has 0 radical (unpaired) electrons. The molecular weight excluding hydrogens is 446 g/mol. The standard InChI is InChI=1S/C26H33N5O4/c1-25(2,24(33)34)31-19(32)13-15-5-7-16(8-6-15)17-9-11-18(12-10-17)21-26(3,4)35-23-20(30-21)22(27)28-14-29-23/h9-12,14-16H,5-8,13H2,1-4H3,(H,31,32)(H,33,34)(H2,27,28,29). The van der Waals surface area contributed by atoms with Gasteiger partial charge in [0.05, 0.1) is 5.71 Å². The average molecular weight is 480 g/mol. The number of amides is 1. The molecule has 1 aliphatic carbocycles. The highest BCUT2D eigenvalue weighted by atomic mass is 16.5. The number of carboxylic acid groups (broad SMARTS) is 1. The molecule has 4 rings (SSSR count). The number of anilines is 1. The summed E-state index contributed by atoms with van der Waals surface area (Å²) in [6.45, 7) is 6.91. The van der Waals surface area contributed by atoms with E-state index in [-0.39, 0.29) is 17.6 Å². The molecule has 9 heteroatoms. The van der Waals surface area contributed by atoms with Crippen molar-refractivity contribution in [1.29, 1.82) is 0 Å². The SMILES string of the molecule is CC(C)(NC(=O)CC1CCC(c2ccc(C3=Nc4c(N)ncnc4OC3(C)C)cc2)CC1)C(=O)O. The van der Waals surface area contributed by atoms with Gasteiger partial charge in [-0.1, -0.05) is 24.3 Å². The highest BCUT2D eigenvalue weighted by Crippen LogP contribution is 2.40. The highest BCUT2D eigenvalue weighted by molar-refractivity contribution is 6.09. The number of rotatable bonds is 6. The maximum absolute atomic E-state index is 12.3. The molecule has 2 aromatic rings. The first-order valence-electron chi connectivity index (χ1n) is 12.0. The van der Waals surface area contributed by atoms with Crippen LogP contribution in [-0.4, -0.2) is 43.8 Å². The van der Waals surface area contributed by atoms with Gasteiger partial charge in [-0.05, 0) is 70.8 Å². The molecule has 1 aromatic carbocycles. The summed E-state index contributed by atoms with van der Waals surface area (Å²) in [6.07, 6.45) is 5.61. The summed E-state index contributed by atoms with van der Waals surface area (Å²) in [4.78, 5) is 36.5. The van der Waals surface area contributed by atoms with E-state index in [4.69, 9.17) is 15.5 Å². The van der Waals surface area contributed by atoms with Crippen LogP contribution < -0.4 is 15.8 Å². The molecule has 9 nitrogen and oxygen atoms in total. The van der Waals surface area contributed by atoms with Gasteiger partial charge in [0.2, 0.25) is 11.8 Å². The van der Waals surface area contributed by atoms with Gasteiger partial charge in [0.25, 0.3) is 0 Å². The van der Waals surface area contributed by atoms with Crippen molar-refractivity contribution in [3.05, 3.63) is 41.7 Å². The van der Waals surface area contributed by atoms with Gasteiger partial charge < -0.3 is 20.9 Å². The average Bonchev–Trinajstić information content (AvgIpc) is 2.78. The van der Waals surface area contributed by atoms with Gasteiger partial charge in [0.1, 0.15) is 17.5 Å². The lowest BCUT2D eigenvalue weighted by molar-refractivity contribution is -0.146. The molecule has 1 amide bonds. The molecule has 0 unspecified atom stereocenters. The summed E-state index contributed by atoms with van der Waals surface area (Å²) in [5, 5.41) is 11.8. The predicted molar refractivity (Wildman–Crippen MR) is 133 cm³/mol. The molecule has 1 saturated carbocycles. The van der Waals surface area contributed by atoms with Gasteiger partial charge in [0, 0.05) is 12.0 Å². The summed E-state index contributed by atoms with van der Waals surface area (Å²) in [6, 6.07) is 8.41. The highest BCUT2D eigenvalue weighted by Gasteiger charge is 2.35. The topological polar surface area (TPSA) is 140 Å².